The Bertz CT molecular complexity index is 101. The molecule has 0 aromatic rings. The van der Waals surface area contributed by atoms with E-state index in [2.05, 4.69) is 4.90 Å². The molecule has 2 nitrogen and oxygen atoms in total. The fourth-order valence-corrected chi connectivity index (χ4v) is 1.83. The van der Waals surface area contributed by atoms with Crippen LogP contribution in [0.15, 0.2) is 0 Å². The zero-order valence-corrected chi connectivity index (χ0v) is 5.01. The lowest BCUT2D eigenvalue weighted by Gasteiger charge is -2.16. The highest BCUT2D eigenvalue weighted by molar-refractivity contribution is 4.92. The summed E-state index contributed by atoms with van der Waals surface area (Å²) in [5.41, 5.74) is 5.78. The summed E-state index contributed by atoms with van der Waals surface area (Å²) >= 11 is 0. The van der Waals surface area contributed by atoms with Gasteiger partial charge in [-0.2, -0.15) is 0 Å². The Labute approximate surface area is 49.7 Å². The highest BCUT2D eigenvalue weighted by Gasteiger charge is 2.35. The maximum absolute atomic E-state index is 5.78. The minimum absolute atomic E-state index is 0.503. The summed E-state index contributed by atoms with van der Waals surface area (Å²) < 4.78 is 0. The van der Waals surface area contributed by atoms with Gasteiger partial charge >= 0.3 is 0 Å². The Hall–Kier alpha value is -0.0800. The van der Waals surface area contributed by atoms with E-state index >= 15 is 0 Å². The molecular weight excluding hydrogens is 100 g/mol. The van der Waals surface area contributed by atoms with Gasteiger partial charge in [-0.05, 0) is 18.9 Å². The van der Waals surface area contributed by atoms with Crippen LogP contribution in [-0.4, -0.2) is 30.6 Å². The average molecular weight is 112 g/mol. The third-order valence-electron chi connectivity index (χ3n) is 2.38. The summed E-state index contributed by atoms with van der Waals surface area (Å²) in [5.74, 6) is 0.843. The predicted molar refractivity (Wildman–Crippen MR) is 32.5 cm³/mol. The minimum atomic E-state index is 0.503. The smallest absolute Gasteiger partial charge is 0.0209 e. The molecule has 1 unspecified atom stereocenters. The van der Waals surface area contributed by atoms with Crippen molar-refractivity contribution in [2.75, 3.05) is 19.6 Å². The van der Waals surface area contributed by atoms with Gasteiger partial charge in [-0.1, -0.05) is 0 Å². The van der Waals surface area contributed by atoms with E-state index in [0.29, 0.717) is 6.04 Å². The first-order valence-electron chi connectivity index (χ1n) is 3.34. The number of piperidine rings is 1. The Morgan fingerprint density at radius 3 is 2.50 bits per heavy atom. The second-order valence-electron chi connectivity index (χ2n) is 2.97. The molecule has 0 aromatic carbocycles. The molecule has 2 rings (SSSR count). The Morgan fingerprint density at radius 1 is 1.38 bits per heavy atom. The molecule has 3 atom stereocenters. The second-order valence-corrected chi connectivity index (χ2v) is 2.97. The topological polar surface area (TPSA) is 29.3 Å². The number of nitrogens with two attached hydrogens (primary N) is 1. The zero-order valence-electron chi connectivity index (χ0n) is 5.01. The fourth-order valence-electron chi connectivity index (χ4n) is 1.83. The molecule has 0 aromatic heterocycles. The van der Waals surface area contributed by atoms with Crippen LogP contribution < -0.4 is 5.73 Å². The summed E-state index contributed by atoms with van der Waals surface area (Å²) in [7, 11) is 0. The summed E-state index contributed by atoms with van der Waals surface area (Å²) in [4.78, 5) is 2.45. The SMILES string of the molecule is N[C@@H]1CN2CC[C@@H]1C2. The monoisotopic (exact) mass is 112 g/mol. The number of rotatable bonds is 0. The molecule has 8 heavy (non-hydrogen) atoms. The molecule has 46 valence electrons. The molecule has 2 aliphatic heterocycles. The molecule has 0 spiro atoms. The van der Waals surface area contributed by atoms with Gasteiger partial charge in [-0.15, -0.1) is 0 Å². The van der Waals surface area contributed by atoms with E-state index in [4.69, 9.17) is 5.73 Å². The first kappa shape index (κ1) is 4.77. The van der Waals surface area contributed by atoms with E-state index in [0.717, 1.165) is 12.5 Å². The van der Waals surface area contributed by atoms with E-state index in [1.54, 1.807) is 0 Å². The van der Waals surface area contributed by atoms with Crippen LogP contribution in [0, 0.1) is 5.92 Å². The summed E-state index contributed by atoms with van der Waals surface area (Å²) in [6, 6.07) is 0.503. The lowest BCUT2D eigenvalue weighted by molar-refractivity contribution is 0.346. The van der Waals surface area contributed by atoms with Crippen molar-refractivity contribution in [3.63, 3.8) is 0 Å². The van der Waals surface area contributed by atoms with Crippen LogP contribution in [0.4, 0.5) is 0 Å². The highest BCUT2D eigenvalue weighted by Crippen LogP contribution is 2.25. The molecule has 2 N–H and O–H groups in total. The van der Waals surface area contributed by atoms with Crippen molar-refractivity contribution in [3.05, 3.63) is 0 Å². The maximum atomic E-state index is 5.78. The standard InChI is InChI=1S/C6H12N2/c7-6-4-8-2-1-5(6)3-8/h5-6H,1-4,7H2/t5-,6-/m1/s1. The van der Waals surface area contributed by atoms with Gasteiger partial charge in [0.1, 0.15) is 0 Å². The van der Waals surface area contributed by atoms with Gasteiger partial charge in [-0.3, -0.25) is 0 Å². The van der Waals surface area contributed by atoms with Gasteiger partial charge in [-0.25, -0.2) is 0 Å². The number of hydrogen-bond donors (Lipinski definition) is 1. The van der Waals surface area contributed by atoms with Gasteiger partial charge in [0.05, 0.1) is 0 Å². The molecular formula is C6H12N2. The average Bonchev–Trinajstić information content (AvgIpc) is 2.23. The molecule has 0 aliphatic carbocycles. The van der Waals surface area contributed by atoms with Crippen molar-refractivity contribution < 1.29 is 0 Å². The van der Waals surface area contributed by atoms with Gasteiger partial charge in [0.15, 0.2) is 0 Å². The van der Waals surface area contributed by atoms with Crippen molar-refractivity contribution in [2.45, 2.75) is 12.5 Å². The molecule has 0 radical (unpaired) electrons. The largest absolute Gasteiger partial charge is 0.326 e. The highest BCUT2D eigenvalue weighted by atomic mass is 15.2. The van der Waals surface area contributed by atoms with Gasteiger partial charge in [0.2, 0.25) is 0 Å². The van der Waals surface area contributed by atoms with E-state index in [-0.39, 0.29) is 0 Å². The van der Waals surface area contributed by atoms with Crippen molar-refractivity contribution in [1.29, 1.82) is 0 Å². The van der Waals surface area contributed by atoms with Crippen molar-refractivity contribution in [2.24, 2.45) is 11.7 Å². The molecule has 2 heterocycles. The normalized spacial score (nSPS) is 52.9. The molecule has 0 saturated carbocycles. The first-order valence-corrected chi connectivity index (χ1v) is 3.34. The van der Waals surface area contributed by atoms with Crippen LogP contribution in [0.5, 0.6) is 0 Å². The molecule has 2 heteroatoms. The fraction of sp³-hybridized carbons (Fsp3) is 1.00. The van der Waals surface area contributed by atoms with Gasteiger partial charge in [0, 0.05) is 19.1 Å². The molecule has 2 bridgehead atoms. The minimum Gasteiger partial charge on any atom is -0.326 e. The van der Waals surface area contributed by atoms with Gasteiger partial charge < -0.3 is 10.6 Å². The van der Waals surface area contributed by atoms with E-state index < -0.39 is 0 Å². The van der Waals surface area contributed by atoms with Crippen molar-refractivity contribution in [3.8, 4) is 0 Å². The van der Waals surface area contributed by atoms with Crippen LogP contribution in [0.25, 0.3) is 0 Å². The van der Waals surface area contributed by atoms with Crippen LogP contribution >= 0.6 is 0 Å². The van der Waals surface area contributed by atoms with Crippen LogP contribution in [0.3, 0.4) is 0 Å². The van der Waals surface area contributed by atoms with E-state index in [1.807, 2.05) is 0 Å². The quantitative estimate of drug-likeness (QED) is 0.464. The maximum Gasteiger partial charge on any atom is 0.0209 e. The molecule has 2 fully saturated rings. The third kappa shape index (κ3) is 0.501. The second kappa shape index (κ2) is 1.45. The Balaban J connectivity index is 2.11. The zero-order chi connectivity index (χ0) is 5.56. The van der Waals surface area contributed by atoms with E-state index in [9.17, 15) is 0 Å². The third-order valence-corrected chi connectivity index (χ3v) is 2.38. The molecule has 2 saturated heterocycles. The lowest BCUT2D eigenvalue weighted by atomic mass is 10.0. The molecule has 2 aliphatic rings. The Kier molecular flexibility index (Phi) is 0.866. The summed E-state index contributed by atoms with van der Waals surface area (Å²) in [5, 5.41) is 0. The van der Waals surface area contributed by atoms with Crippen molar-refractivity contribution in [1.82, 2.24) is 4.90 Å². The van der Waals surface area contributed by atoms with Gasteiger partial charge in [0.25, 0.3) is 0 Å². The van der Waals surface area contributed by atoms with Crippen LogP contribution in [0.2, 0.25) is 0 Å². The molecule has 0 amide bonds. The number of nitrogens with zero attached hydrogens (tertiary/aromatic N) is 1. The van der Waals surface area contributed by atoms with Crippen LogP contribution in [-0.2, 0) is 0 Å². The summed E-state index contributed by atoms with van der Waals surface area (Å²) in [6.07, 6.45) is 1.35. The number of fused-ring (bicyclic) bond motifs is 2. The van der Waals surface area contributed by atoms with E-state index in [1.165, 1.54) is 19.5 Å². The first-order chi connectivity index (χ1) is 3.86. The Morgan fingerprint density at radius 2 is 2.25 bits per heavy atom. The van der Waals surface area contributed by atoms with Crippen LogP contribution in [0.1, 0.15) is 6.42 Å². The predicted octanol–water partition coefficient (Wildman–Crippen LogP) is -0.351. The lowest BCUT2D eigenvalue weighted by Crippen LogP contribution is -2.34. The number of hydrogen-bond acceptors (Lipinski definition) is 2. The van der Waals surface area contributed by atoms with Crippen molar-refractivity contribution >= 4 is 0 Å². The summed E-state index contributed by atoms with van der Waals surface area (Å²) in [6.45, 7) is 3.74.